The first kappa shape index (κ1) is 22.4. The van der Waals surface area contributed by atoms with Crippen LogP contribution in [0.5, 0.6) is 0 Å². The summed E-state index contributed by atoms with van der Waals surface area (Å²) in [7, 11) is -3.72. The molecular formula is C25H27FN6O2S. The predicted octanol–water partition coefficient (Wildman–Crippen LogP) is 3.85. The van der Waals surface area contributed by atoms with Crippen molar-refractivity contribution < 1.29 is 12.8 Å². The molecular weight excluding hydrogens is 467 g/mol. The molecule has 3 atom stereocenters. The molecule has 2 fully saturated rings. The number of halogens is 1. The fraction of sp³-hybridized carbons (Fsp3) is 0.400. The average Bonchev–Trinajstić information content (AvgIpc) is 3.36. The van der Waals surface area contributed by atoms with Crippen molar-refractivity contribution in [1.82, 2.24) is 29.1 Å². The summed E-state index contributed by atoms with van der Waals surface area (Å²) < 4.78 is 43.5. The maximum absolute atomic E-state index is 13.4. The molecule has 1 aliphatic heterocycles. The van der Waals surface area contributed by atoms with Crippen LogP contribution >= 0.6 is 0 Å². The fourth-order valence-corrected chi connectivity index (χ4v) is 7.20. The van der Waals surface area contributed by atoms with E-state index in [4.69, 9.17) is 0 Å². The van der Waals surface area contributed by atoms with Gasteiger partial charge in [0.15, 0.2) is 0 Å². The van der Waals surface area contributed by atoms with Crippen LogP contribution in [-0.4, -0.2) is 50.6 Å². The van der Waals surface area contributed by atoms with Crippen LogP contribution in [0, 0.1) is 24.6 Å². The Bertz CT molecular complexity index is 1560. The molecule has 8 nitrogen and oxygen atoms in total. The maximum atomic E-state index is 13.4. The van der Waals surface area contributed by atoms with Crippen molar-refractivity contribution >= 4 is 20.9 Å². The van der Waals surface area contributed by atoms with Crippen LogP contribution in [0.25, 0.3) is 16.6 Å². The number of fused-ring (bicyclic) bond motifs is 2. The third kappa shape index (κ3) is 3.19. The topological polar surface area (TPSA) is 85.9 Å². The summed E-state index contributed by atoms with van der Waals surface area (Å²) in [5, 5.41) is 13.9. The second-order valence-electron chi connectivity index (χ2n) is 10.1. The molecule has 10 heteroatoms. The van der Waals surface area contributed by atoms with Crippen LogP contribution in [0.2, 0.25) is 0 Å². The summed E-state index contributed by atoms with van der Waals surface area (Å²) in [6, 6.07) is 10.5. The van der Waals surface area contributed by atoms with Gasteiger partial charge in [-0.3, -0.25) is 0 Å². The Morgan fingerprint density at radius 3 is 2.54 bits per heavy atom. The van der Waals surface area contributed by atoms with Crippen molar-refractivity contribution in [2.75, 3.05) is 13.1 Å². The monoisotopic (exact) mass is 494 g/mol. The minimum atomic E-state index is -3.72. The molecule has 0 N–H and O–H groups in total. The van der Waals surface area contributed by atoms with E-state index in [9.17, 15) is 12.8 Å². The van der Waals surface area contributed by atoms with Crippen LogP contribution in [0.4, 0.5) is 4.39 Å². The number of piperidine rings is 1. The highest BCUT2D eigenvalue weighted by molar-refractivity contribution is 7.89. The number of aryl methyl sites for hydroxylation is 1. The van der Waals surface area contributed by atoms with Crippen molar-refractivity contribution in [1.29, 1.82) is 0 Å². The van der Waals surface area contributed by atoms with E-state index in [0.29, 0.717) is 19.0 Å². The minimum Gasteiger partial charge on any atom is -0.233 e. The first-order valence-electron chi connectivity index (χ1n) is 11.8. The zero-order valence-electron chi connectivity index (χ0n) is 20.1. The standard InChI is InChI=1S/C25H27FN6O2S/c1-15(2)32-28-12-24(29-32)35(33,34)30-13-22-17(4)25(22,14-30)21-10-18-11-27-31(23(18)9-16(21)3)20-7-5-19(26)6-8-20/h5-12,15,17,22H,13-14H2,1-4H3/t17-,22-,25+/m1/s1. The highest BCUT2D eigenvalue weighted by Crippen LogP contribution is 2.65. The van der Waals surface area contributed by atoms with E-state index < -0.39 is 10.0 Å². The quantitative estimate of drug-likeness (QED) is 0.421. The summed E-state index contributed by atoms with van der Waals surface area (Å²) in [6.07, 6.45) is 3.16. The highest BCUT2D eigenvalue weighted by Gasteiger charge is 2.69. The van der Waals surface area contributed by atoms with Crippen molar-refractivity contribution in [2.45, 2.75) is 44.2 Å². The number of hydrogen-bond acceptors (Lipinski definition) is 5. The van der Waals surface area contributed by atoms with Gasteiger partial charge in [-0.2, -0.15) is 19.3 Å². The van der Waals surface area contributed by atoms with Crippen LogP contribution in [0.1, 0.15) is 37.9 Å². The lowest BCUT2D eigenvalue weighted by Gasteiger charge is -2.23. The molecule has 1 aliphatic carbocycles. The molecule has 1 saturated carbocycles. The van der Waals surface area contributed by atoms with Crippen molar-refractivity contribution in [3.8, 4) is 5.69 Å². The van der Waals surface area contributed by atoms with Crippen molar-refractivity contribution in [2.24, 2.45) is 11.8 Å². The Labute approximate surface area is 203 Å². The van der Waals surface area contributed by atoms with Gasteiger partial charge in [-0.05, 0) is 80.1 Å². The van der Waals surface area contributed by atoms with Gasteiger partial charge in [-0.25, -0.2) is 17.5 Å². The van der Waals surface area contributed by atoms with Gasteiger partial charge < -0.3 is 0 Å². The van der Waals surface area contributed by atoms with E-state index in [2.05, 4.69) is 41.3 Å². The number of sulfonamides is 1. The Balaban J connectivity index is 1.35. The van der Waals surface area contributed by atoms with Crippen LogP contribution in [0.3, 0.4) is 0 Å². The first-order valence-corrected chi connectivity index (χ1v) is 13.2. The molecule has 0 unspecified atom stereocenters. The second-order valence-corrected chi connectivity index (χ2v) is 12.0. The minimum absolute atomic E-state index is 0.00283. The molecule has 0 amide bonds. The smallest absolute Gasteiger partial charge is 0.233 e. The number of nitrogens with zero attached hydrogens (tertiary/aromatic N) is 6. The number of benzene rings is 2. The SMILES string of the molecule is Cc1cc2c(cnn2-c2ccc(F)cc2)cc1[C@@]12CN(S(=O)(=O)c3cnn(C(C)C)n3)C[C@@H]1[C@H]2C. The van der Waals surface area contributed by atoms with Gasteiger partial charge in [-0.15, -0.1) is 5.10 Å². The number of hydrogen-bond donors (Lipinski definition) is 0. The van der Waals surface area contributed by atoms with Gasteiger partial charge in [0.1, 0.15) is 5.82 Å². The second kappa shape index (κ2) is 7.44. The zero-order valence-corrected chi connectivity index (χ0v) is 20.9. The van der Waals surface area contributed by atoms with Crippen LogP contribution < -0.4 is 0 Å². The lowest BCUT2D eigenvalue weighted by Crippen LogP contribution is -2.35. The number of aromatic nitrogens is 5. The molecule has 2 aliphatic rings. The predicted molar refractivity (Wildman–Crippen MR) is 129 cm³/mol. The highest BCUT2D eigenvalue weighted by atomic mass is 32.2. The van der Waals surface area contributed by atoms with Crippen LogP contribution in [-0.2, 0) is 15.4 Å². The summed E-state index contributed by atoms with van der Waals surface area (Å²) in [5.74, 6) is 0.341. The molecule has 35 heavy (non-hydrogen) atoms. The van der Waals surface area contributed by atoms with Gasteiger partial charge in [0.25, 0.3) is 10.0 Å². The van der Waals surface area contributed by atoms with Crippen molar-refractivity contribution in [3.05, 3.63) is 65.7 Å². The van der Waals surface area contributed by atoms with E-state index in [0.717, 1.165) is 22.2 Å². The normalized spacial score (nSPS) is 24.4. The van der Waals surface area contributed by atoms with Gasteiger partial charge in [0.2, 0.25) is 5.03 Å². The van der Waals surface area contributed by atoms with E-state index >= 15 is 0 Å². The lowest BCUT2D eigenvalue weighted by molar-refractivity contribution is 0.401. The van der Waals surface area contributed by atoms with E-state index in [-0.39, 0.29) is 28.2 Å². The lowest BCUT2D eigenvalue weighted by atomic mass is 9.88. The van der Waals surface area contributed by atoms with Gasteiger partial charge >= 0.3 is 0 Å². The molecule has 0 spiro atoms. The molecule has 0 radical (unpaired) electrons. The number of rotatable bonds is 5. The fourth-order valence-electron chi connectivity index (χ4n) is 5.83. The Morgan fingerprint density at radius 2 is 1.86 bits per heavy atom. The van der Waals surface area contributed by atoms with Crippen molar-refractivity contribution in [3.63, 3.8) is 0 Å². The van der Waals surface area contributed by atoms with Gasteiger partial charge in [-0.1, -0.05) is 6.92 Å². The summed E-state index contributed by atoms with van der Waals surface area (Å²) in [4.78, 5) is 1.43. The first-order chi connectivity index (χ1) is 16.6. The molecule has 3 heterocycles. The van der Waals surface area contributed by atoms with E-state index in [1.807, 2.05) is 20.0 Å². The summed E-state index contributed by atoms with van der Waals surface area (Å²) in [6.45, 7) is 9.00. The third-order valence-corrected chi connectivity index (χ3v) is 9.52. The molecule has 182 valence electrons. The van der Waals surface area contributed by atoms with Gasteiger partial charge in [0.05, 0.1) is 29.6 Å². The molecule has 4 aromatic rings. The maximum Gasteiger partial charge on any atom is 0.264 e. The average molecular weight is 495 g/mol. The molecule has 1 saturated heterocycles. The molecule has 0 bridgehead atoms. The molecule has 2 aromatic carbocycles. The Kier molecular flexibility index (Phi) is 4.76. The largest absolute Gasteiger partial charge is 0.264 e. The van der Waals surface area contributed by atoms with E-state index in [1.54, 1.807) is 21.1 Å². The van der Waals surface area contributed by atoms with Gasteiger partial charge in [0, 0.05) is 23.9 Å². The van der Waals surface area contributed by atoms with Crippen LogP contribution in [0.15, 0.2) is 53.8 Å². The summed E-state index contributed by atoms with van der Waals surface area (Å²) in [5.41, 5.74) is 3.77. The molecule has 6 rings (SSSR count). The van der Waals surface area contributed by atoms with E-state index in [1.165, 1.54) is 28.7 Å². The molecule has 2 aromatic heterocycles. The Morgan fingerprint density at radius 1 is 1.11 bits per heavy atom. The summed E-state index contributed by atoms with van der Waals surface area (Å²) >= 11 is 0. The Hall–Kier alpha value is -3.11. The third-order valence-electron chi connectivity index (χ3n) is 7.85. The zero-order chi connectivity index (χ0) is 24.7.